The number of carbonyl (C=O) groups excluding carboxylic acids is 1. The van der Waals surface area contributed by atoms with E-state index in [1.807, 2.05) is 0 Å². The molecule has 0 spiro atoms. The molecule has 1 heterocycles. The second kappa shape index (κ2) is 9.58. The zero-order valence-electron chi connectivity index (χ0n) is 16.2. The van der Waals surface area contributed by atoms with Crippen molar-refractivity contribution < 1.29 is 17.9 Å². The fraction of sp³-hybridized carbons (Fsp3) is 0.350. The molecule has 1 N–H and O–H groups in total. The summed E-state index contributed by atoms with van der Waals surface area (Å²) in [4.78, 5) is 14.5. The van der Waals surface area contributed by atoms with E-state index in [9.17, 15) is 13.2 Å². The molecule has 9 heteroatoms. The van der Waals surface area contributed by atoms with Crippen LogP contribution in [0.1, 0.15) is 6.92 Å². The number of anilines is 1. The van der Waals surface area contributed by atoms with Gasteiger partial charge in [-0.2, -0.15) is 4.31 Å². The summed E-state index contributed by atoms with van der Waals surface area (Å²) < 4.78 is 32.5. The Labute approximate surface area is 176 Å². The number of sulfonamides is 1. The van der Waals surface area contributed by atoms with E-state index in [1.54, 1.807) is 36.4 Å². The van der Waals surface area contributed by atoms with E-state index in [-0.39, 0.29) is 17.4 Å². The van der Waals surface area contributed by atoms with Crippen molar-refractivity contribution in [3.8, 4) is 5.75 Å². The van der Waals surface area contributed by atoms with Gasteiger partial charge in [0.25, 0.3) is 5.91 Å². The van der Waals surface area contributed by atoms with Gasteiger partial charge in [-0.15, -0.1) is 0 Å². The lowest BCUT2D eigenvalue weighted by Crippen LogP contribution is -2.48. The fourth-order valence-electron chi connectivity index (χ4n) is 3.05. The summed E-state index contributed by atoms with van der Waals surface area (Å²) in [6.45, 7) is 5.24. The Kier molecular flexibility index (Phi) is 7.13. The number of nitrogens with zero attached hydrogens (tertiary/aromatic N) is 2. The molecule has 0 unspecified atom stereocenters. The van der Waals surface area contributed by atoms with Gasteiger partial charge in [-0.1, -0.05) is 24.6 Å². The number of hydrogen-bond acceptors (Lipinski definition) is 5. The third-order valence-electron chi connectivity index (χ3n) is 4.72. The molecule has 2 aromatic rings. The number of piperazine rings is 1. The third kappa shape index (κ3) is 5.70. The Balaban J connectivity index is 1.56. The summed E-state index contributed by atoms with van der Waals surface area (Å²) in [6, 6.07) is 12.9. The van der Waals surface area contributed by atoms with Gasteiger partial charge < -0.3 is 15.0 Å². The highest BCUT2D eigenvalue weighted by molar-refractivity contribution is 7.89. The van der Waals surface area contributed by atoms with E-state index in [1.165, 1.54) is 16.4 Å². The lowest BCUT2D eigenvalue weighted by Gasteiger charge is -2.33. The van der Waals surface area contributed by atoms with Crippen LogP contribution in [0.4, 0.5) is 5.69 Å². The van der Waals surface area contributed by atoms with Gasteiger partial charge in [0.2, 0.25) is 10.0 Å². The summed E-state index contributed by atoms with van der Waals surface area (Å²) in [6.07, 6.45) is 0. The Morgan fingerprint density at radius 2 is 1.79 bits per heavy atom. The number of likely N-dealkylation sites (N-methyl/N-ethyl adjacent to an activating group) is 1. The first-order valence-electron chi connectivity index (χ1n) is 9.39. The summed E-state index contributed by atoms with van der Waals surface area (Å²) in [5, 5.41) is 3.21. The van der Waals surface area contributed by atoms with Crippen molar-refractivity contribution >= 4 is 33.2 Å². The molecule has 29 heavy (non-hydrogen) atoms. The largest absolute Gasteiger partial charge is 0.484 e. The van der Waals surface area contributed by atoms with Crippen molar-refractivity contribution in [2.45, 2.75) is 11.8 Å². The molecule has 156 valence electrons. The van der Waals surface area contributed by atoms with Crippen molar-refractivity contribution in [1.82, 2.24) is 9.21 Å². The van der Waals surface area contributed by atoms with Crippen LogP contribution in [0.5, 0.6) is 5.75 Å². The first-order chi connectivity index (χ1) is 13.9. The molecule has 1 aliphatic rings. The van der Waals surface area contributed by atoms with Crippen LogP contribution in [-0.4, -0.2) is 62.9 Å². The predicted octanol–water partition coefficient (Wildman–Crippen LogP) is 2.68. The van der Waals surface area contributed by atoms with Crippen LogP contribution < -0.4 is 10.1 Å². The number of rotatable bonds is 7. The van der Waals surface area contributed by atoms with Crippen molar-refractivity contribution in [2.75, 3.05) is 44.6 Å². The summed E-state index contributed by atoms with van der Waals surface area (Å²) >= 11 is 5.88. The number of nitrogens with one attached hydrogen (secondary N) is 1. The van der Waals surface area contributed by atoms with E-state index in [4.69, 9.17) is 16.3 Å². The molecule has 0 saturated carbocycles. The van der Waals surface area contributed by atoms with Gasteiger partial charge in [0.15, 0.2) is 6.61 Å². The second-order valence-electron chi connectivity index (χ2n) is 6.66. The maximum Gasteiger partial charge on any atom is 0.262 e. The molecule has 3 rings (SSSR count). The minimum Gasteiger partial charge on any atom is -0.484 e. The third-order valence-corrected chi connectivity index (χ3v) is 6.87. The molecule has 7 nitrogen and oxygen atoms in total. The Morgan fingerprint density at radius 1 is 1.10 bits per heavy atom. The molecule has 1 aliphatic heterocycles. The van der Waals surface area contributed by atoms with Crippen LogP contribution in [0.15, 0.2) is 53.4 Å². The van der Waals surface area contributed by atoms with Crippen LogP contribution in [0.25, 0.3) is 0 Å². The van der Waals surface area contributed by atoms with Crippen molar-refractivity contribution in [1.29, 1.82) is 0 Å². The molecule has 0 bridgehead atoms. The van der Waals surface area contributed by atoms with Crippen LogP contribution in [0, 0.1) is 0 Å². The predicted molar refractivity (Wildman–Crippen MR) is 113 cm³/mol. The number of ether oxygens (including phenoxy) is 1. The van der Waals surface area contributed by atoms with Gasteiger partial charge in [-0.05, 0) is 49.0 Å². The first-order valence-corrected chi connectivity index (χ1v) is 11.2. The molecule has 1 fully saturated rings. The quantitative estimate of drug-likeness (QED) is 0.720. The average Bonchev–Trinajstić information content (AvgIpc) is 2.73. The highest BCUT2D eigenvalue weighted by atomic mass is 35.5. The summed E-state index contributed by atoms with van der Waals surface area (Å²) in [5.74, 6) is 0.147. The number of benzene rings is 2. The zero-order chi connectivity index (χ0) is 20.9. The molecule has 2 aromatic carbocycles. The Bertz CT molecular complexity index is 942. The van der Waals surface area contributed by atoms with Gasteiger partial charge in [0.1, 0.15) is 5.75 Å². The molecule has 1 amide bonds. The minimum absolute atomic E-state index is 0.178. The minimum atomic E-state index is -3.53. The van der Waals surface area contributed by atoms with Crippen LogP contribution in [0.3, 0.4) is 0 Å². The highest BCUT2D eigenvalue weighted by Crippen LogP contribution is 2.20. The summed E-state index contributed by atoms with van der Waals surface area (Å²) in [5.41, 5.74) is 0.499. The SMILES string of the molecule is CCN1CCN(S(=O)(=O)c2ccc(NC(=O)COc3cccc(Cl)c3)cc2)CC1. The number of amides is 1. The topological polar surface area (TPSA) is 79.0 Å². The van der Waals surface area contributed by atoms with E-state index in [2.05, 4.69) is 17.1 Å². The molecular weight excluding hydrogens is 414 g/mol. The molecule has 0 aromatic heterocycles. The zero-order valence-corrected chi connectivity index (χ0v) is 17.7. The average molecular weight is 438 g/mol. The van der Waals surface area contributed by atoms with Gasteiger partial charge in [0.05, 0.1) is 4.90 Å². The smallest absolute Gasteiger partial charge is 0.262 e. The maximum atomic E-state index is 12.8. The van der Waals surface area contributed by atoms with E-state index < -0.39 is 10.0 Å². The Hall–Kier alpha value is -2.13. The summed E-state index contributed by atoms with van der Waals surface area (Å²) in [7, 11) is -3.53. The number of halogens is 1. The molecule has 0 aliphatic carbocycles. The van der Waals surface area contributed by atoms with Crippen molar-refractivity contribution in [2.24, 2.45) is 0 Å². The van der Waals surface area contributed by atoms with E-state index in [0.717, 1.165) is 19.6 Å². The normalized spacial score (nSPS) is 15.8. The fourth-order valence-corrected chi connectivity index (χ4v) is 4.65. The molecule has 0 radical (unpaired) electrons. The van der Waals surface area contributed by atoms with Gasteiger partial charge in [-0.25, -0.2) is 8.42 Å². The number of hydrogen-bond donors (Lipinski definition) is 1. The van der Waals surface area contributed by atoms with Gasteiger partial charge >= 0.3 is 0 Å². The van der Waals surface area contributed by atoms with Crippen LogP contribution >= 0.6 is 11.6 Å². The van der Waals surface area contributed by atoms with Crippen LogP contribution in [0.2, 0.25) is 5.02 Å². The standard InChI is InChI=1S/C20H24ClN3O4S/c1-2-23-10-12-24(13-11-23)29(26,27)19-8-6-17(7-9-19)22-20(25)15-28-18-5-3-4-16(21)14-18/h3-9,14H,2,10-13,15H2,1H3,(H,22,25). The van der Waals surface area contributed by atoms with E-state index in [0.29, 0.717) is 29.5 Å². The lowest BCUT2D eigenvalue weighted by molar-refractivity contribution is -0.118. The lowest BCUT2D eigenvalue weighted by atomic mass is 10.3. The second-order valence-corrected chi connectivity index (χ2v) is 9.03. The number of carbonyl (C=O) groups is 1. The van der Waals surface area contributed by atoms with Crippen LogP contribution in [-0.2, 0) is 14.8 Å². The highest BCUT2D eigenvalue weighted by Gasteiger charge is 2.27. The van der Waals surface area contributed by atoms with Crippen molar-refractivity contribution in [3.05, 3.63) is 53.6 Å². The van der Waals surface area contributed by atoms with Gasteiger partial charge in [0, 0.05) is 36.9 Å². The van der Waals surface area contributed by atoms with E-state index >= 15 is 0 Å². The Morgan fingerprint density at radius 3 is 2.41 bits per heavy atom. The molecular formula is C20H24ClN3O4S. The molecule has 1 saturated heterocycles. The first kappa shape index (κ1) is 21.6. The van der Waals surface area contributed by atoms with Crippen molar-refractivity contribution in [3.63, 3.8) is 0 Å². The maximum absolute atomic E-state index is 12.8. The van der Waals surface area contributed by atoms with Gasteiger partial charge in [-0.3, -0.25) is 4.79 Å². The monoisotopic (exact) mass is 437 g/mol. The molecule has 0 atom stereocenters.